The predicted molar refractivity (Wildman–Crippen MR) is 69.2 cm³/mol. The maximum Gasteiger partial charge on any atom is 0.241 e. The van der Waals surface area contributed by atoms with Gasteiger partial charge in [-0.2, -0.15) is 0 Å². The van der Waals surface area contributed by atoms with Crippen molar-refractivity contribution >= 4 is 8.32 Å². The lowest BCUT2D eigenvalue weighted by molar-refractivity contribution is 0.248. The van der Waals surface area contributed by atoms with Crippen molar-refractivity contribution in [2.45, 2.75) is 53.3 Å². The summed E-state index contributed by atoms with van der Waals surface area (Å²) in [4.78, 5) is 0. The van der Waals surface area contributed by atoms with Crippen LogP contribution in [0.1, 0.15) is 33.6 Å². The predicted octanol–water partition coefficient (Wildman–Crippen LogP) is 4.42. The lowest BCUT2D eigenvalue weighted by Crippen LogP contribution is -2.30. The second kappa shape index (κ2) is 4.73. The normalized spacial score (nSPS) is 27.8. The van der Waals surface area contributed by atoms with Crippen molar-refractivity contribution in [1.29, 1.82) is 0 Å². The van der Waals surface area contributed by atoms with E-state index in [4.69, 9.17) is 4.43 Å². The molecule has 0 radical (unpaired) electrons. The topological polar surface area (TPSA) is 9.23 Å². The van der Waals surface area contributed by atoms with Crippen LogP contribution in [-0.4, -0.2) is 8.32 Å². The molecule has 0 saturated carbocycles. The van der Waals surface area contributed by atoms with Crippen molar-refractivity contribution in [2.75, 3.05) is 0 Å². The van der Waals surface area contributed by atoms with Crippen molar-refractivity contribution in [2.24, 2.45) is 17.8 Å². The number of hydrogen-bond acceptors (Lipinski definition) is 1. The zero-order valence-electron chi connectivity index (χ0n) is 11.1. The number of allylic oxidation sites excluding steroid dienone is 2. The van der Waals surface area contributed by atoms with Gasteiger partial charge in [-0.1, -0.05) is 20.8 Å². The molecular weight excluding hydrogens is 200 g/mol. The van der Waals surface area contributed by atoms with Gasteiger partial charge >= 0.3 is 0 Å². The fourth-order valence-electron chi connectivity index (χ4n) is 2.20. The Bertz CT molecular complexity index is 237. The van der Waals surface area contributed by atoms with Gasteiger partial charge in [0, 0.05) is 5.92 Å². The van der Waals surface area contributed by atoms with Crippen LogP contribution >= 0.6 is 0 Å². The lowest BCUT2D eigenvalue weighted by atomic mass is 9.81. The summed E-state index contributed by atoms with van der Waals surface area (Å²) >= 11 is 0. The van der Waals surface area contributed by atoms with Gasteiger partial charge in [-0.15, -0.1) is 0 Å². The number of hydrogen-bond donors (Lipinski definition) is 0. The summed E-state index contributed by atoms with van der Waals surface area (Å²) in [5, 5.41) is 0. The summed E-state index contributed by atoms with van der Waals surface area (Å²) < 4.78 is 6.22. The van der Waals surface area contributed by atoms with E-state index in [9.17, 15) is 0 Å². The van der Waals surface area contributed by atoms with E-state index in [0.29, 0.717) is 17.8 Å². The summed E-state index contributed by atoms with van der Waals surface area (Å²) in [5.74, 6) is 3.36. The molecule has 0 aromatic carbocycles. The molecule has 2 atom stereocenters. The molecule has 1 nitrogen and oxygen atoms in total. The van der Waals surface area contributed by atoms with Crippen LogP contribution in [0.3, 0.4) is 0 Å². The van der Waals surface area contributed by atoms with Crippen molar-refractivity contribution in [1.82, 2.24) is 0 Å². The van der Waals surface area contributed by atoms with E-state index in [1.165, 1.54) is 18.6 Å². The Hall–Kier alpha value is -0.243. The molecule has 0 bridgehead atoms. The third-order valence-electron chi connectivity index (χ3n) is 2.98. The minimum atomic E-state index is -1.43. The maximum absolute atomic E-state index is 6.22. The molecular formula is C13H26OSi. The lowest BCUT2D eigenvalue weighted by Gasteiger charge is -2.34. The Morgan fingerprint density at radius 2 is 1.87 bits per heavy atom. The van der Waals surface area contributed by atoms with Crippen LogP contribution < -0.4 is 0 Å². The Balaban J connectivity index is 2.78. The summed E-state index contributed by atoms with van der Waals surface area (Å²) in [6.45, 7) is 13.7. The van der Waals surface area contributed by atoms with Gasteiger partial charge in [0.25, 0.3) is 0 Å². The smallest absolute Gasteiger partial charge is 0.241 e. The summed E-state index contributed by atoms with van der Waals surface area (Å²) in [6, 6.07) is 0. The summed E-state index contributed by atoms with van der Waals surface area (Å²) in [5.41, 5.74) is 0. The van der Waals surface area contributed by atoms with Gasteiger partial charge < -0.3 is 4.43 Å². The van der Waals surface area contributed by atoms with E-state index in [0.717, 1.165) is 0 Å². The Labute approximate surface area is 96.0 Å². The van der Waals surface area contributed by atoms with Crippen molar-refractivity contribution in [3.63, 3.8) is 0 Å². The van der Waals surface area contributed by atoms with E-state index in [1.807, 2.05) is 0 Å². The molecule has 0 aromatic rings. The molecule has 0 spiro atoms. The molecule has 0 aromatic heterocycles. The highest BCUT2D eigenvalue weighted by molar-refractivity contribution is 6.70. The standard InChI is InChI=1S/C13H26OSi/c1-10(2)12-8-7-11(3)9-13(12)14-15(4,5)6/h9-12H,7-8H2,1-6H3. The highest BCUT2D eigenvalue weighted by atomic mass is 28.4. The van der Waals surface area contributed by atoms with Gasteiger partial charge in [0.1, 0.15) is 0 Å². The van der Waals surface area contributed by atoms with Crippen molar-refractivity contribution in [3.8, 4) is 0 Å². The fraction of sp³-hybridized carbons (Fsp3) is 0.846. The van der Waals surface area contributed by atoms with E-state index in [2.05, 4.69) is 46.5 Å². The quantitative estimate of drug-likeness (QED) is 0.647. The molecule has 0 fully saturated rings. The van der Waals surface area contributed by atoms with Gasteiger partial charge in [-0.25, -0.2) is 0 Å². The summed E-state index contributed by atoms with van der Waals surface area (Å²) in [6.07, 6.45) is 4.99. The Morgan fingerprint density at radius 1 is 1.27 bits per heavy atom. The van der Waals surface area contributed by atoms with Crippen LogP contribution in [0, 0.1) is 17.8 Å². The third kappa shape index (κ3) is 4.02. The first-order valence-corrected chi connectivity index (χ1v) is 9.61. The van der Waals surface area contributed by atoms with Gasteiger partial charge in [-0.3, -0.25) is 0 Å². The second-order valence-electron chi connectivity index (χ2n) is 6.19. The van der Waals surface area contributed by atoms with Crippen LogP contribution in [0.15, 0.2) is 11.8 Å². The van der Waals surface area contributed by atoms with E-state index < -0.39 is 8.32 Å². The highest BCUT2D eigenvalue weighted by Gasteiger charge is 2.28. The third-order valence-corrected chi connectivity index (χ3v) is 3.82. The SMILES string of the molecule is CC1C=C(O[Si](C)(C)C)C(C(C)C)CC1. The monoisotopic (exact) mass is 226 g/mol. The van der Waals surface area contributed by atoms with Gasteiger partial charge in [0.2, 0.25) is 8.32 Å². The largest absolute Gasteiger partial charge is 0.547 e. The molecule has 2 heteroatoms. The van der Waals surface area contributed by atoms with Crippen LogP contribution in [0.25, 0.3) is 0 Å². The van der Waals surface area contributed by atoms with Crippen LogP contribution in [-0.2, 0) is 4.43 Å². The Kier molecular flexibility index (Phi) is 4.04. The van der Waals surface area contributed by atoms with Crippen LogP contribution in [0.4, 0.5) is 0 Å². The molecule has 15 heavy (non-hydrogen) atoms. The fourth-order valence-corrected chi connectivity index (χ4v) is 3.12. The molecule has 1 rings (SSSR count). The maximum atomic E-state index is 6.22. The van der Waals surface area contributed by atoms with E-state index in [-0.39, 0.29) is 0 Å². The molecule has 0 heterocycles. The van der Waals surface area contributed by atoms with Gasteiger partial charge in [0.05, 0.1) is 5.76 Å². The van der Waals surface area contributed by atoms with Crippen molar-refractivity contribution < 1.29 is 4.43 Å². The highest BCUT2D eigenvalue weighted by Crippen LogP contribution is 2.35. The molecule has 1 aliphatic carbocycles. The van der Waals surface area contributed by atoms with E-state index in [1.54, 1.807) is 0 Å². The molecule has 0 amide bonds. The zero-order chi connectivity index (χ0) is 11.6. The van der Waals surface area contributed by atoms with Crippen molar-refractivity contribution in [3.05, 3.63) is 11.8 Å². The number of rotatable bonds is 3. The molecule has 0 saturated heterocycles. The first-order valence-electron chi connectivity index (χ1n) is 6.20. The average Bonchev–Trinajstić information content (AvgIpc) is 1.99. The average molecular weight is 226 g/mol. The second-order valence-corrected chi connectivity index (χ2v) is 10.6. The molecule has 88 valence electrons. The molecule has 2 unspecified atom stereocenters. The minimum Gasteiger partial charge on any atom is -0.547 e. The van der Waals surface area contributed by atoms with Gasteiger partial charge in [0.15, 0.2) is 0 Å². The first-order chi connectivity index (χ1) is 6.79. The molecule has 1 aliphatic rings. The zero-order valence-corrected chi connectivity index (χ0v) is 12.1. The van der Waals surface area contributed by atoms with Gasteiger partial charge in [-0.05, 0) is 50.4 Å². The Morgan fingerprint density at radius 3 is 2.33 bits per heavy atom. The van der Waals surface area contributed by atoms with Crippen LogP contribution in [0.2, 0.25) is 19.6 Å². The minimum absolute atomic E-state index is 0.660. The molecule has 0 aliphatic heterocycles. The van der Waals surface area contributed by atoms with E-state index >= 15 is 0 Å². The molecule has 0 N–H and O–H groups in total. The summed E-state index contributed by atoms with van der Waals surface area (Å²) in [7, 11) is -1.43. The first kappa shape index (κ1) is 12.8. The van der Waals surface area contributed by atoms with Crippen LogP contribution in [0.5, 0.6) is 0 Å².